The second kappa shape index (κ2) is 10.4. The van der Waals surface area contributed by atoms with Gasteiger partial charge in [-0.05, 0) is 52.6 Å². The van der Waals surface area contributed by atoms with E-state index in [1.165, 1.54) is 4.90 Å². The molecule has 4 aromatic rings. The molecule has 0 saturated carbocycles. The molecule has 0 spiro atoms. The van der Waals surface area contributed by atoms with Crippen LogP contribution in [0.25, 0.3) is 16.8 Å². The second-order valence-electron chi connectivity index (χ2n) is 8.43. The van der Waals surface area contributed by atoms with Crippen LogP contribution in [0.3, 0.4) is 0 Å². The van der Waals surface area contributed by atoms with Crippen LogP contribution in [-0.2, 0) is 17.9 Å². The van der Waals surface area contributed by atoms with E-state index in [4.69, 9.17) is 9.47 Å². The molecule has 6 heteroatoms. The van der Waals surface area contributed by atoms with Crippen molar-refractivity contribution >= 4 is 28.8 Å². The third-order valence-electron chi connectivity index (χ3n) is 5.99. The highest BCUT2D eigenvalue weighted by Gasteiger charge is 2.33. The Morgan fingerprint density at radius 1 is 0.833 bits per heavy atom. The first-order valence-electron chi connectivity index (χ1n) is 11.9. The SMILES string of the molecule is CCOc1cc(/C=C2/NC(=O)N(Cc3ccccc3)C2=O)ccc1OCc1cccc2ccccc12. The summed E-state index contributed by atoms with van der Waals surface area (Å²) in [4.78, 5) is 26.5. The predicted octanol–water partition coefficient (Wildman–Crippen LogP) is 5.91. The Kier molecular flexibility index (Phi) is 6.67. The summed E-state index contributed by atoms with van der Waals surface area (Å²) in [5, 5.41) is 4.99. The molecule has 1 aliphatic heterocycles. The molecule has 1 heterocycles. The molecule has 0 atom stereocenters. The van der Waals surface area contributed by atoms with Crippen LogP contribution < -0.4 is 14.8 Å². The fourth-order valence-corrected chi connectivity index (χ4v) is 4.22. The van der Waals surface area contributed by atoms with Gasteiger partial charge in [-0.15, -0.1) is 0 Å². The van der Waals surface area contributed by atoms with Crippen molar-refractivity contribution in [1.29, 1.82) is 0 Å². The normalized spacial score (nSPS) is 14.4. The van der Waals surface area contributed by atoms with Crippen molar-refractivity contribution < 1.29 is 19.1 Å². The topological polar surface area (TPSA) is 67.9 Å². The van der Waals surface area contributed by atoms with E-state index in [2.05, 4.69) is 29.6 Å². The summed E-state index contributed by atoms with van der Waals surface area (Å²) >= 11 is 0. The number of carbonyl (C=O) groups is 2. The summed E-state index contributed by atoms with van der Waals surface area (Å²) in [6, 6.07) is 28.8. The number of nitrogens with zero attached hydrogens (tertiary/aromatic N) is 1. The molecule has 1 fully saturated rings. The molecule has 6 nitrogen and oxygen atoms in total. The Hall–Kier alpha value is -4.58. The van der Waals surface area contributed by atoms with Gasteiger partial charge in [0.25, 0.3) is 5.91 Å². The zero-order valence-electron chi connectivity index (χ0n) is 19.9. The van der Waals surface area contributed by atoms with E-state index < -0.39 is 6.03 Å². The van der Waals surface area contributed by atoms with Gasteiger partial charge in [0.1, 0.15) is 12.3 Å². The molecule has 1 N–H and O–H groups in total. The van der Waals surface area contributed by atoms with Gasteiger partial charge in [0.05, 0.1) is 13.2 Å². The molecule has 0 aromatic heterocycles. The molecule has 180 valence electrons. The lowest BCUT2D eigenvalue weighted by atomic mass is 10.1. The van der Waals surface area contributed by atoms with Crippen molar-refractivity contribution in [3.8, 4) is 11.5 Å². The Balaban J connectivity index is 1.34. The van der Waals surface area contributed by atoms with Gasteiger partial charge < -0.3 is 14.8 Å². The monoisotopic (exact) mass is 478 g/mol. The van der Waals surface area contributed by atoms with Crippen molar-refractivity contribution in [1.82, 2.24) is 10.2 Å². The van der Waals surface area contributed by atoms with E-state index in [-0.39, 0.29) is 18.1 Å². The lowest BCUT2D eigenvalue weighted by Crippen LogP contribution is -2.30. The molecular weight excluding hydrogens is 452 g/mol. The maximum absolute atomic E-state index is 12.9. The molecular formula is C30H26N2O4. The number of rotatable bonds is 8. The van der Waals surface area contributed by atoms with Crippen LogP contribution in [0.5, 0.6) is 11.5 Å². The minimum Gasteiger partial charge on any atom is -0.490 e. The number of ether oxygens (including phenoxy) is 2. The van der Waals surface area contributed by atoms with Gasteiger partial charge in [-0.1, -0.05) is 78.9 Å². The van der Waals surface area contributed by atoms with Crippen molar-refractivity contribution in [3.63, 3.8) is 0 Å². The number of amides is 3. The van der Waals surface area contributed by atoms with Crippen LogP contribution in [0.1, 0.15) is 23.6 Å². The van der Waals surface area contributed by atoms with Crippen LogP contribution >= 0.6 is 0 Å². The molecule has 3 amide bonds. The quantitative estimate of drug-likeness (QED) is 0.253. The van der Waals surface area contributed by atoms with Gasteiger partial charge in [-0.3, -0.25) is 9.69 Å². The zero-order valence-corrected chi connectivity index (χ0v) is 19.9. The highest BCUT2D eigenvalue weighted by molar-refractivity contribution is 6.13. The summed E-state index contributed by atoms with van der Waals surface area (Å²) in [7, 11) is 0. The average Bonchev–Trinajstić information content (AvgIpc) is 3.16. The van der Waals surface area contributed by atoms with E-state index in [0.29, 0.717) is 24.7 Å². The molecule has 1 aliphatic rings. The Morgan fingerprint density at radius 3 is 2.44 bits per heavy atom. The third-order valence-corrected chi connectivity index (χ3v) is 5.99. The molecule has 0 unspecified atom stereocenters. The Labute approximate surface area is 209 Å². The summed E-state index contributed by atoms with van der Waals surface area (Å²) in [5.41, 5.74) is 2.91. The summed E-state index contributed by atoms with van der Waals surface area (Å²) in [5.74, 6) is 0.822. The van der Waals surface area contributed by atoms with Crippen LogP contribution in [0, 0.1) is 0 Å². The van der Waals surface area contributed by atoms with Crippen molar-refractivity contribution in [2.75, 3.05) is 6.61 Å². The second-order valence-corrected chi connectivity index (χ2v) is 8.43. The predicted molar refractivity (Wildman–Crippen MR) is 139 cm³/mol. The van der Waals surface area contributed by atoms with Gasteiger partial charge >= 0.3 is 6.03 Å². The first kappa shape index (κ1) is 23.2. The van der Waals surface area contributed by atoms with E-state index in [0.717, 1.165) is 27.5 Å². The average molecular weight is 479 g/mol. The van der Waals surface area contributed by atoms with E-state index in [1.807, 2.05) is 73.7 Å². The number of imide groups is 1. The Morgan fingerprint density at radius 2 is 1.61 bits per heavy atom. The number of hydrogen-bond acceptors (Lipinski definition) is 4. The first-order valence-corrected chi connectivity index (χ1v) is 11.9. The number of urea groups is 1. The van der Waals surface area contributed by atoms with Crippen molar-refractivity contribution in [3.05, 3.63) is 113 Å². The lowest BCUT2D eigenvalue weighted by Gasteiger charge is -2.14. The fraction of sp³-hybridized carbons (Fsp3) is 0.133. The maximum Gasteiger partial charge on any atom is 0.329 e. The Bertz CT molecular complexity index is 1440. The largest absolute Gasteiger partial charge is 0.490 e. The number of fused-ring (bicyclic) bond motifs is 1. The zero-order chi connectivity index (χ0) is 24.9. The molecule has 0 radical (unpaired) electrons. The minimum atomic E-state index is -0.435. The molecule has 36 heavy (non-hydrogen) atoms. The number of hydrogen-bond donors (Lipinski definition) is 1. The van der Waals surface area contributed by atoms with Gasteiger partial charge in [0, 0.05) is 0 Å². The molecule has 1 saturated heterocycles. The first-order chi connectivity index (χ1) is 17.6. The van der Waals surface area contributed by atoms with Crippen molar-refractivity contribution in [2.24, 2.45) is 0 Å². The van der Waals surface area contributed by atoms with Gasteiger partial charge in [-0.25, -0.2) is 4.79 Å². The van der Waals surface area contributed by atoms with E-state index in [1.54, 1.807) is 6.08 Å². The van der Waals surface area contributed by atoms with Crippen LogP contribution in [0.4, 0.5) is 4.79 Å². The number of benzene rings is 4. The highest BCUT2D eigenvalue weighted by atomic mass is 16.5. The van der Waals surface area contributed by atoms with Crippen LogP contribution in [-0.4, -0.2) is 23.4 Å². The summed E-state index contributed by atoms with van der Waals surface area (Å²) < 4.78 is 12.0. The van der Waals surface area contributed by atoms with Gasteiger partial charge in [-0.2, -0.15) is 0 Å². The maximum atomic E-state index is 12.9. The van der Waals surface area contributed by atoms with E-state index >= 15 is 0 Å². The molecule has 0 bridgehead atoms. The minimum absolute atomic E-state index is 0.216. The van der Waals surface area contributed by atoms with E-state index in [9.17, 15) is 9.59 Å². The summed E-state index contributed by atoms with van der Waals surface area (Å²) in [6.07, 6.45) is 1.65. The third kappa shape index (κ3) is 4.93. The standard InChI is InChI=1S/C30H26N2O4/c1-2-35-28-18-22(17-26-29(33)32(30(34)31-26)19-21-9-4-3-5-10-21)15-16-27(28)36-20-24-13-8-12-23-11-6-7-14-25(23)24/h3-18H,2,19-20H2,1H3,(H,31,34)/b26-17+. The molecule has 4 aromatic carbocycles. The van der Waals surface area contributed by atoms with Crippen LogP contribution in [0.15, 0.2) is 96.7 Å². The fourth-order valence-electron chi connectivity index (χ4n) is 4.22. The highest BCUT2D eigenvalue weighted by Crippen LogP contribution is 2.31. The van der Waals surface area contributed by atoms with Gasteiger partial charge in [0.15, 0.2) is 11.5 Å². The summed E-state index contributed by atoms with van der Waals surface area (Å²) in [6.45, 7) is 2.98. The number of nitrogens with one attached hydrogen (secondary N) is 1. The number of carbonyl (C=O) groups excluding carboxylic acids is 2. The molecule has 0 aliphatic carbocycles. The molecule has 5 rings (SSSR count). The lowest BCUT2D eigenvalue weighted by molar-refractivity contribution is -0.123. The smallest absolute Gasteiger partial charge is 0.329 e. The van der Waals surface area contributed by atoms with Crippen molar-refractivity contribution in [2.45, 2.75) is 20.1 Å². The van der Waals surface area contributed by atoms with Crippen LogP contribution in [0.2, 0.25) is 0 Å². The van der Waals surface area contributed by atoms with Gasteiger partial charge in [0.2, 0.25) is 0 Å².